The van der Waals surface area contributed by atoms with Gasteiger partial charge in [-0.25, -0.2) is 15.0 Å². The van der Waals surface area contributed by atoms with E-state index in [1.807, 2.05) is 30.5 Å². The normalized spacial score (nSPS) is 17.3. The molecule has 1 aliphatic heterocycles. The van der Waals surface area contributed by atoms with Gasteiger partial charge in [0.1, 0.15) is 17.8 Å². The fraction of sp³-hybridized carbons (Fsp3) is 0.364. The van der Waals surface area contributed by atoms with Crippen LogP contribution in [-0.2, 0) is 0 Å². The number of benzene rings is 1. The number of H-pyrrole nitrogens is 1. The van der Waals surface area contributed by atoms with Crippen molar-refractivity contribution < 1.29 is 0 Å². The molecule has 0 saturated carbocycles. The smallest absolute Gasteiger partial charge is 0.212 e. The monoisotopic (exact) mass is 480 g/mol. The van der Waals surface area contributed by atoms with Gasteiger partial charge in [0.05, 0.1) is 17.1 Å². The third kappa shape index (κ3) is 4.35. The fourth-order valence-electron chi connectivity index (χ4n) is 4.06. The van der Waals surface area contributed by atoms with E-state index in [1.54, 1.807) is 6.33 Å². The topological polar surface area (TPSA) is 96.2 Å². The minimum atomic E-state index is 0.157. The molecule has 3 aromatic rings. The first-order valence-electron chi connectivity index (χ1n) is 10.3. The average Bonchev–Trinajstić information content (AvgIpc) is 3.14. The van der Waals surface area contributed by atoms with Gasteiger partial charge in [-0.1, -0.05) is 35.8 Å². The molecule has 3 heterocycles. The third-order valence-electron chi connectivity index (χ3n) is 5.62. The first kappa shape index (κ1) is 21.1. The molecular weight excluding hydrogens is 456 g/mol. The van der Waals surface area contributed by atoms with Crippen LogP contribution in [0.3, 0.4) is 0 Å². The van der Waals surface area contributed by atoms with Crippen LogP contribution in [-0.4, -0.2) is 51.5 Å². The summed E-state index contributed by atoms with van der Waals surface area (Å²) in [5, 5.41) is 13.2. The number of hydrogen-bond acceptors (Lipinski definition) is 5. The van der Waals surface area contributed by atoms with E-state index in [4.69, 9.17) is 4.99 Å². The number of aliphatic imine (C=N–C) groups is 1. The highest BCUT2D eigenvalue weighted by molar-refractivity contribution is 9.10. The molecule has 1 aromatic carbocycles. The second-order valence-electron chi connectivity index (χ2n) is 8.00. The summed E-state index contributed by atoms with van der Waals surface area (Å²) in [5.41, 5.74) is 2.78. The molecule has 1 fully saturated rings. The summed E-state index contributed by atoms with van der Waals surface area (Å²) in [4.78, 5) is 21.5. The van der Waals surface area contributed by atoms with E-state index >= 15 is 0 Å². The summed E-state index contributed by atoms with van der Waals surface area (Å²) in [6, 6.07) is 7.91. The van der Waals surface area contributed by atoms with Gasteiger partial charge in [0, 0.05) is 30.3 Å². The second-order valence-corrected chi connectivity index (χ2v) is 8.91. The molecule has 1 atom stereocenters. The fourth-order valence-corrected chi connectivity index (χ4v) is 4.44. The number of nitrogens with zero attached hydrogens (tertiary/aromatic N) is 6. The number of aromatic nitrogens is 3. The predicted octanol–water partition coefficient (Wildman–Crippen LogP) is 3.93. The van der Waals surface area contributed by atoms with Gasteiger partial charge >= 0.3 is 0 Å². The minimum Gasteiger partial charge on any atom is -0.352 e. The van der Waals surface area contributed by atoms with Crippen LogP contribution in [0.2, 0.25) is 0 Å². The van der Waals surface area contributed by atoms with Crippen LogP contribution in [0.1, 0.15) is 19.4 Å². The Balaban J connectivity index is 1.66. The standard InChI is InChI=1S/C22H25BrN8/c1-14(2)18-11-30(21-19-15(3)10-25-20(19)27-13-28-21)7-8-31(18)22(26-12-24)29-17-6-4-5-16(23)9-17/h4-6,9-10,13-14,18H,7-8,11H2,1-3H3,(H,26,29)(H,25,27,28)/t18-/m1/s1. The quantitative estimate of drug-likeness (QED) is 0.255. The summed E-state index contributed by atoms with van der Waals surface area (Å²) < 4.78 is 0.949. The van der Waals surface area contributed by atoms with Crippen LogP contribution >= 0.6 is 15.9 Å². The van der Waals surface area contributed by atoms with E-state index in [-0.39, 0.29) is 6.04 Å². The molecule has 0 aliphatic carbocycles. The Morgan fingerprint density at radius 3 is 2.94 bits per heavy atom. The Morgan fingerprint density at radius 1 is 1.35 bits per heavy atom. The first-order chi connectivity index (χ1) is 15.0. The zero-order valence-electron chi connectivity index (χ0n) is 17.8. The number of piperazine rings is 1. The van der Waals surface area contributed by atoms with Crippen molar-refractivity contribution in [3.8, 4) is 6.19 Å². The maximum absolute atomic E-state index is 9.37. The number of guanidine groups is 1. The van der Waals surface area contributed by atoms with Gasteiger partial charge < -0.3 is 14.8 Å². The van der Waals surface area contributed by atoms with E-state index in [0.717, 1.165) is 52.2 Å². The number of halogens is 1. The molecule has 31 heavy (non-hydrogen) atoms. The first-order valence-corrected chi connectivity index (χ1v) is 11.1. The van der Waals surface area contributed by atoms with Crippen LogP contribution in [0.4, 0.5) is 11.5 Å². The second kappa shape index (κ2) is 8.94. The Labute approximate surface area is 190 Å². The van der Waals surface area contributed by atoms with Gasteiger partial charge in [0.15, 0.2) is 6.19 Å². The number of aryl methyl sites for hydroxylation is 1. The van der Waals surface area contributed by atoms with E-state index < -0.39 is 0 Å². The molecule has 9 heteroatoms. The van der Waals surface area contributed by atoms with E-state index in [9.17, 15) is 5.26 Å². The maximum Gasteiger partial charge on any atom is 0.212 e. The molecule has 160 valence electrons. The Morgan fingerprint density at radius 2 is 2.19 bits per heavy atom. The van der Waals surface area contributed by atoms with Gasteiger partial charge in [-0.2, -0.15) is 5.26 Å². The molecule has 0 bridgehead atoms. The summed E-state index contributed by atoms with van der Waals surface area (Å²) in [7, 11) is 0. The van der Waals surface area contributed by atoms with E-state index in [2.05, 4.69) is 73.0 Å². The summed E-state index contributed by atoms with van der Waals surface area (Å²) in [6.45, 7) is 8.73. The third-order valence-corrected chi connectivity index (χ3v) is 6.11. The molecule has 1 saturated heterocycles. The lowest BCUT2D eigenvalue weighted by Gasteiger charge is -2.44. The lowest BCUT2D eigenvalue weighted by atomic mass is 9.99. The van der Waals surface area contributed by atoms with Gasteiger partial charge in [-0.15, -0.1) is 0 Å². The molecule has 0 unspecified atom stereocenters. The van der Waals surface area contributed by atoms with Gasteiger partial charge in [0.2, 0.25) is 5.96 Å². The van der Waals surface area contributed by atoms with Gasteiger partial charge in [-0.05, 0) is 36.6 Å². The molecule has 1 aliphatic rings. The molecule has 0 spiro atoms. The van der Waals surface area contributed by atoms with Crippen LogP contribution in [0.5, 0.6) is 0 Å². The zero-order chi connectivity index (χ0) is 22.0. The molecule has 2 N–H and O–H groups in total. The number of fused-ring (bicyclic) bond motifs is 1. The van der Waals surface area contributed by atoms with Crippen LogP contribution < -0.4 is 10.2 Å². The predicted molar refractivity (Wildman–Crippen MR) is 126 cm³/mol. The number of hydrogen-bond donors (Lipinski definition) is 2. The largest absolute Gasteiger partial charge is 0.352 e. The maximum atomic E-state index is 9.37. The number of nitrogens with one attached hydrogen (secondary N) is 2. The van der Waals surface area contributed by atoms with Crippen molar-refractivity contribution in [2.45, 2.75) is 26.8 Å². The van der Waals surface area contributed by atoms with Crippen molar-refractivity contribution in [3.05, 3.63) is 46.8 Å². The lowest BCUT2D eigenvalue weighted by Crippen LogP contribution is -2.59. The van der Waals surface area contributed by atoms with Crippen LogP contribution in [0, 0.1) is 24.3 Å². The highest BCUT2D eigenvalue weighted by Crippen LogP contribution is 2.29. The Bertz CT molecular complexity index is 1150. The number of rotatable bonds is 3. The number of nitriles is 1. The SMILES string of the molecule is Cc1c[nH]c2ncnc(N3CCN(C(=Nc4cccc(Br)c4)NC#N)[C@@H](C(C)C)C3)c12. The highest BCUT2D eigenvalue weighted by Gasteiger charge is 2.33. The minimum absolute atomic E-state index is 0.157. The van der Waals surface area contributed by atoms with Gasteiger partial charge in [-0.3, -0.25) is 5.32 Å². The van der Waals surface area contributed by atoms with Crippen LogP contribution in [0.25, 0.3) is 11.0 Å². The van der Waals surface area contributed by atoms with Crippen molar-refractivity contribution in [2.24, 2.45) is 10.9 Å². The van der Waals surface area contributed by atoms with E-state index in [0.29, 0.717) is 11.9 Å². The molecule has 0 radical (unpaired) electrons. The van der Waals surface area contributed by atoms with Crippen molar-refractivity contribution in [3.63, 3.8) is 0 Å². The summed E-state index contributed by atoms with van der Waals surface area (Å²) in [6.07, 6.45) is 5.64. The Hall–Kier alpha value is -3.12. The molecule has 0 amide bonds. The summed E-state index contributed by atoms with van der Waals surface area (Å²) >= 11 is 3.49. The number of anilines is 1. The van der Waals surface area contributed by atoms with Crippen molar-refractivity contribution in [1.82, 2.24) is 25.2 Å². The molecular formula is C22H25BrN8. The van der Waals surface area contributed by atoms with Crippen molar-refractivity contribution in [1.29, 1.82) is 5.26 Å². The highest BCUT2D eigenvalue weighted by atomic mass is 79.9. The van der Waals surface area contributed by atoms with Crippen molar-refractivity contribution in [2.75, 3.05) is 24.5 Å². The number of aromatic amines is 1. The lowest BCUT2D eigenvalue weighted by molar-refractivity contribution is 0.220. The van der Waals surface area contributed by atoms with Crippen molar-refractivity contribution >= 4 is 44.4 Å². The molecule has 4 rings (SSSR count). The Kier molecular flexibility index (Phi) is 6.09. The van der Waals surface area contributed by atoms with E-state index in [1.165, 1.54) is 0 Å². The van der Waals surface area contributed by atoms with Crippen LogP contribution in [0.15, 0.2) is 46.3 Å². The molecule has 8 nitrogen and oxygen atoms in total. The molecule has 2 aromatic heterocycles. The summed E-state index contributed by atoms with van der Waals surface area (Å²) in [5.74, 6) is 1.87. The zero-order valence-corrected chi connectivity index (χ0v) is 19.4. The average molecular weight is 481 g/mol. The van der Waals surface area contributed by atoms with Gasteiger partial charge in [0.25, 0.3) is 0 Å².